The van der Waals surface area contributed by atoms with E-state index in [9.17, 15) is 0 Å². The van der Waals surface area contributed by atoms with Crippen LogP contribution in [0.3, 0.4) is 0 Å². The Hall–Kier alpha value is -0.498. The topological polar surface area (TPSA) is 0 Å². The largest absolute Gasteiger partial charge is 0.113 e. The summed E-state index contributed by atoms with van der Waals surface area (Å²) in [4.78, 5) is 0. The summed E-state index contributed by atoms with van der Waals surface area (Å²) in [6.45, 7) is 0. The van der Waals surface area contributed by atoms with Crippen LogP contribution in [0.2, 0.25) is 0 Å². The molecule has 0 N–H and O–H groups in total. The first-order valence-corrected chi connectivity index (χ1v) is 2.86. The van der Waals surface area contributed by atoms with Crippen LogP contribution in [-0.2, 0) is 0 Å². The van der Waals surface area contributed by atoms with Crippen molar-refractivity contribution in [3.63, 3.8) is 0 Å². The Balaban J connectivity index is 3.03. The van der Waals surface area contributed by atoms with Crippen molar-refractivity contribution in [2.75, 3.05) is 0 Å². The van der Waals surface area contributed by atoms with E-state index in [1.54, 1.807) is 0 Å². The molecule has 0 spiro atoms. The van der Waals surface area contributed by atoms with E-state index in [0.29, 0.717) is 0 Å². The molecule has 5 radical (unpaired) electrons. The molecule has 0 nitrogen and oxygen atoms in total. The molecule has 0 aromatic heterocycles. The molecule has 0 bridgehead atoms. The summed E-state index contributed by atoms with van der Waals surface area (Å²) < 4.78 is 0. The third-order valence-electron chi connectivity index (χ3n) is 0.911. The first-order chi connectivity index (χ1) is 3.79. The minimum Gasteiger partial charge on any atom is -0.0967 e. The standard InChI is InChI=1S/C6H4BSi/c7-5-1-3-6(8)4-2-5/h1-4H. The van der Waals surface area contributed by atoms with E-state index >= 15 is 0 Å². The molecule has 2 heteroatoms. The lowest BCUT2D eigenvalue weighted by Crippen LogP contribution is -2.07. The monoisotopic (exact) mass is 115 g/mol. The molecule has 0 saturated carbocycles. The van der Waals surface area contributed by atoms with Gasteiger partial charge in [-0.25, -0.2) is 0 Å². The van der Waals surface area contributed by atoms with E-state index in [1.807, 2.05) is 24.3 Å². The lowest BCUT2D eigenvalue weighted by Gasteiger charge is -1.90. The minimum atomic E-state index is 0.798. The quantitative estimate of drug-likeness (QED) is 0.391. The summed E-state index contributed by atoms with van der Waals surface area (Å²) in [7, 11) is 8.74. The highest BCUT2D eigenvalue weighted by atomic mass is 28.1. The van der Waals surface area contributed by atoms with Crippen molar-refractivity contribution in [1.82, 2.24) is 0 Å². The van der Waals surface area contributed by atoms with Crippen LogP contribution in [0.5, 0.6) is 0 Å². The van der Waals surface area contributed by atoms with E-state index in [-0.39, 0.29) is 0 Å². The molecule has 0 heterocycles. The Morgan fingerprint density at radius 1 is 1.12 bits per heavy atom. The summed E-state index contributed by atoms with van der Waals surface area (Å²) in [6, 6.07) is 7.52. The van der Waals surface area contributed by atoms with Crippen molar-refractivity contribution >= 4 is 28.7 Å². The van der Waals surface area contributed by atoms with Gasteiger partial charge in [-0.1, -0.05) is 34.9 Å². The summed E-state index contributed by atoms with van der Waals surface area (Å²) >= 11 is 0. The molecule has 0 unspecified atom stereocenters. The fourth-order valence-corrected chi connectivity index (χ4v) is 0.650. The predicted octanol–water partition coefficient (Wildman–Crippen LogP) is -0.726. The van der Waals surface area contributed by atoms with Crippen molar-refractivity contribution in [1.29, 1.82) is 0 Å². The second-order valence-electron chi connectivity index (χ2n) is 1.62. The Morgan fingerprint density at radius 2 is 1.62 bits per heavy atom. The zero-order valence-corrected chi connectivity index (χ0v) is 5.39. The fraction of sp³-hybridized carbons (Fsp3) is 0. The van der Waals surface area contributed by atoms with Gasteiger partial charge in [-0.2, -0.15) is 0 Å². The molecule has 0 fully saturated rings. The van der Waals surface area contributed by atoms with Crippen molar-refractivity contribution in [3.8, 4) is 0 Å². The number of benzene rings is 1. The van der Waals surface area contributed by atoms with E-state index < -0.39 is 0 Å². The van der Waals surface area contributed by atoms with Gasteiger partial charge < -0.3 is 0 Å². The summed E-state index contributed by atoms with van der Waals surface area (Å²) in [5, 5.41) is 1.05. The molecule has 0 aliphatic rings. The Bertz CT molecular complexity index is 147. The molecular weight excluding hydrogens is 111 g/mol. The van der Waals surface area contributed by atoms with Crippen LogP contribution in [0.1, 0.15) is 0 Å². The van der Waals surface area contributed by atoms with Gasteiger partial charge in [0.15, 0.2) is 0 Å². The van der Waals surface area contributed by atoms with Gasteiger partial charge in [-0.3, -0.25) is 0 Å². The molecule has 0 atom stereocenters. The van der Waals surface area contributed by atoms with Crippen LogP contribution in [0.4, 0.5) is 0 Å². The van der Waals surface area contributed by atoms with Crippen LogP contribution in [0.25, 0.3) is 0 Å². The zero-order valence-electron chi connectivity index (χ0n) is 4.39. The van der Waals surface area contributed by atoms with Gasteiger partial charge >= 0.3 is 0 Å². The summed E-state index contributed by atoms with van der Waals surface area (Å²) in [5.41, 5.74) is 0.798. The first-order valence-electron chi connectivity index (χ1n) is 2.36. The van der Waals surface area contributed by atoms with Crippen LogP contribution in [0.15, 0.2) is 24.3 Å². The molecule has 1 aromatic carbocycles. The van der Waals surface area contributed by atoms with E-state index in [4.69, 9.17) is 7.85 Å². The van der Waals surface area contributed by atoms with Gasteiger partial charge in [0, 0.05) is 0 Å². The van der Waals surface area contributed by atoms with Crippen molar-refractivity contribution < 1.29 is 0 Å². The summed E-state index contributed by atoms with van der Waals surface area (Å²) in [5.74, 6) is 0. The van der Waals surface area contributed by atoms with Crippen molar-refractivity contribution in [2.24, 2.45) is 0 Å². The smallest absolute Gasteiger partial charge is 0.0967 e. The minimum absolute atomic E-state index is 0.798. The molecule has 0 aliphatic carbocycles. The molecule has 1 rings (SSSR count). The average Bonchev–Trinajstić information content (AvgIpc) is 1.77. The lowest BCUT2D eigenvalue weighted by molar-refractivity contribution is 1.85. The highest BCUT2D eigenvalue weighted by molar-refractivity contribution is 6.35. The fourth-order valence-electron chi connectivity index (χ4n) is 0.483. The van der Waals surface area contributed by atoms with Gasteiger partial charge in [-0.05, 0) is 0 Å². The van der Waals surface area contributed by atoms with Crippen LogP contribution < -0.4 is 10.6 Å². The first kappa shape index (κ1) is 5.64. The molecule has 8 heavy (non-hydrogen) atoms. The summed E-state index contributed by atoms with van der Waals surface area (Å²) in [6.07, 6.45) is 0. The third-order valence-corrected chi connectivity index (χ3v) is 1.24. The molecule has 1 aromatic rings. The zero-order chi connectivity index (χ0) is 5.98. The van der Waals surface area contributed by atoms with E-state index in [0.717, 1.165) is 10.6 Å². The highest BCUT2D eigenvalue weighted by Gasteiger charge is 1.79. The number of rotatable bonds is 0. The second kappa shape index (κ2) is 2.18. The second-order valence-corrected chi connectivity index (χ2v) is 2.20. The van der Waals surface area contributed by atoms with Crippen LogP contribution in [0, 0.1) is 0 Å². The van der Waals surface area contributed by atoms with Gasteiger partial charge in [0.25, 0.3) is 0 Å². The molecule has 0 saturated heterocycles. The number of hydrogen-bond acceptors (Lipinski definition) is 0. The SMILES string of the molecule is [B]c1ccc([Si])cc1. The maximum Gasteiger partial charge on any atom is 0.113 e. The maximum absolute atomic E-state index is 5.41. The Kier molecular flexibility index (Phi) is 1.54. The van der Waals surface area contributed by atoms with Gasteiger partial charge in [-0.15, -0.1) is 0 Å². The lowest BCUT2D eigenvalue weighted by atomic mass is 9.97. The van der Waals surface area contributed by atoms with Crippen LogP contribution >= 0.6 is 0 Å². The highest BCUT2D eigenvalue weighted by Crippen LogP contribution is 1.72. The average molecular weight is 115 g/mol. The third kappa shape index (κ3) is 1.24. The molecule has 35 valence electrons. The predicted molar refractivity (Wildman–Crippen MR) is 37.2 cm³/mol. The maximum atomic E-state index is 5.41. The Morgan fingerprint density at radius 3 is 2.00 bits per heavy atom. The van der Waals surface area contributed by atoms with Gasteiger partial charge in [0.2, 0.25) is 0 Å². The van der Waals surface area contributed by atoms with E-state index in [2.05, 4.69) is 10.2 Å². The van der Waals surface area contributed by atoms with Crippen LogP contribution in [-0.4, -0.2) is 18.1 Å². The van der Waals surface area contributed by atoms with Crippen molar-refractivity contribution in [2.45, 2.75) is 0 Å². The Labute approximate surface area is 53.8 Å². The van der Waals surface area contributed by atoms with Gasteiger partial charge in [0.05, 0.1) is 10.2 Å². The van der Waals surface area contributed by atoms with Gasteiger partial charge in [0.1, 0.15) is 7.85 Å². The molecular formula is C6H4BSi. The normalized spacial score (nSPS) is 9.12. The molecule has 0 aliphatic heterocycles. The van der Waals surface area contributed by atoms with Crippen molar-refractivity contribution in [3.05, 3.63) is 24.3 Å². The van der Waals surface area contributed by atoms with E-state index in [1.165, 1.54) is 0 Å². The molecule has 0 amide bonds. The number of hydrogen-bond donors (Lipinski definition) is 0.